The van der Waals surface area contributed by atoms with Crippen molar-refractivity contribution in [3.63, 3.8) is 0 Å². The Morgan fingerprint density at radius 3 is 2.22 bits per heavy atom. The van der Waals surface area contributed by atoms with Crippen LogP contribution in [-0.2, 0) is 6.42 Å². The van der Waals surface area contributed by atoms with Gasteiger partial charge < -0.3 is 5.11 Å². The summed E-state index contributed by atoms with van der Waals surface area (Å²) in [4.78, 5) is 0. The van der Waals surface area contributed by atoms with Crippen molar-refractivity contribution in [1.29, 1.82) is 0 Å². The van der Waals surface area contributed by atoms with E-state index in [1.807, 2.05) is 18.2 Å². The summed E-state index contributed by atoms with van der Waals surface area (Å²) >= 11 is 0. The molecule has 0 amide bonds. The van der Waals surface area contributed by atoms with E-state index in [9.17, 15) is 5.11 Å². The zero-order valence-corrected chi connectivity index (χ0v) is 11.3. The molecule has 1 heteroatoms. The first-order valence-electron chi connectivity index (χ1n) is 6.41. The summed E-state index contributed by atoms with van der Waals surface area (Å²) in [5.74, 6) is 0.811. The fourth-order valence-corrected chi connectivity index (χ4v) is 2.43. The molecule has 0 saturated heterocycles. The number of hydrogen-bond donors (Lipinski definition) is 1. The van der Waals surface area contributed by atoms with Crippen LogP contribution in [0.1, 0.15) is 35.1 Å². The molecule has 0 heterocycles. The number of rotatable bonds is 3. The monoisotopic (exact) mass is 240 g/mol. The van der Waals surface area contributed by atoms with Gasteiger partial charge in [-0.3, -0.25) is 0 Å². The molecule has 1 unspecified atom stereocenters. The number of para-hydroxylation sites is 1. The van der Waals surface area contributed by atoms with Gasteiger partial charge in [-0.05, 0) is 43.4 Å². The third-order valence-electron chi connectivity index (χ3n) is 3.33. The fourth-order valence-electron chi connectivity index (χ4n) is 2.43. The van der Waals surface area contributed by atoms with E-state index < -0.39 is 0 Å². The summed E-state index contributed by atoms with van der Waals surface area (Å²) < 4.78 is 0. The number of aryl methyl sites for hydroxylation is 2. The highest BCUT2D eigenvalue weighted by atomic mass is 16.3. The van der Waals surface area contributed by atoms with Crippen LogP contribution in [0.25, 0.3) is 0 Å². The molecular weight excluding hydrogens is 220 g/mol. The van der Waals surface area contributed by atoms with E-state index in [0.29, 0.717) is 11.7 Å². The maximum absolute atomic E-state index is 9.82. The lowest BCUT2D eigenvalue weighted by atomic mass is 9.91. The van der Waals surface area contributed by atoms with E-state index in [1.165, 1.54) is 16.7 Å². The van der Waals surface area contributed by atoms with E-state index in [2.05, 4.69) is 39.0 Å². The third kappa shape index (κ3) is 2.92. The Morgan fingerprint density at radius 2 is 1.61 bits per heavy atom. The molecular formula is C17H20O. The lowest BCUT2D eigenvalue weighted by molar-refractivity contribution is 0.466. The Balaban J connectivity index is 2.22. The Morgan fingerprint density at radius 1 is 1.00 bits per heavy atom. The minimum Gasteiger partial charge on any atom is -0.508 e. The SMILES string of the molecule is Cc1cc(C)cc(C(C)Cc2ccccc2O)c1. The van der Waals surface area contributed by atoms with Crippen molar-refractivity contribution < 1.29 is 5.11 Å². The van der Waals surface area contributed by atoms with Gasteiger partial charge in [-0.2, -0.15) is 0 Å². The predicted molar refractivity (Wildman–Crippen MR) is 76.1 cm³/mol. The van der Waals surface area contributed by atoms with Gasteiger partial charge in [0.15, 0.2) is 0 Å². The molecule has 18 heavy (non-hydrogen) atoms. The molecule has 0 aromatic heterocycles. The van der Waals surface area contributed by atoms with Crippen molar-refractivity contribution >= 4 is 0 Å². The summed E-state index contributed by atoms with van der Waals surface area (Å²) in [5.41, 5.74) is 4.96. The van der Waals surface area contributed by atoms with E-state index in [0.717, 1.165) is 12.0 Å². The summed E-state index contributed by atoms with van der Waals surface area (Å²) in [7, 11) is 0. The highest BCUT2D eigenvalue weighted by molar-refractivity contribution is 5.36. The minimum atomic E-state index is 0.397. The summed E-state index contributed by atoms with van der Waals surface area (Å²) in [6.07, 6.45) is 0.871. The van der Waals surface area contributed by atoms with Crippen molar-refractivity contribution in [2.24, 2.45) is 0 Å². The molecule has 0 aliphatic rings. The zero-order chi connectivity index (χ0) is 13.1. The first kappa shape index (κ1) is 12.7. The van der Waals surface area contributed by atoms with Crippen molar-refractivity contribution in [2.45, 2.75) is 33.1 Å². The summed E-state index contributed by atoms with van der Waals surface area (Å²) in [5, 5.41) is 9.82. The van der Waals surface area contributed by atoms with Crippen molar-refractivity contribution in [3.05, 3.63) is 64.7 Å². The molecule has 0 radical (unpaired) electrons. The largest absolute Gasteiger partial charge is 0.508 e. The maximum Gasteiger partial charge on any atom is 0.118 e. The molecule has 0 aliphatic carbocycles. The smallest absolute Gasteiger partial charge is 0.118 e. The zero-order valence-electron chi connectivity index (χ0n) is 11.3. The second-order valence-corrected chi connectivity index (χ2v) is 5.15. The summed E-state index contributed by atoms with van der Waals surface area (Å²) in [6, 6.07) is 14.2. The summed E-state index contributed by atoms with van der Waals surface area (Å²) in [6.45, 7) is 6.47. The van der Waals surface area contributed by atoms with Gasteiger partial charge in [0.05, 0.1) is 0 Å². The molecule has 2 aromatic carbocycles. The molecule has 94 valence electrons. The number of hydrogen-bond acceptors (Lipinski definition) is 1. The van der Waals surface area contributed by atoms with Crippen LogP contribution in [0.15, 0.2) is 42.5 Å². The normalized spacial score (nSPS) is 12.4. The van der Waals surface area contributed by atoms with Crippen molar-refractivity contribution in [1.82, 2.24) is 0 Å². The van der Waals surface area contributed by atoms with Crippen molar-refractivity contribution in [3.8, 4) is 5.75 Å². The molecule has 0 fully saturated rings. The van der Waals surface area contributed by atoms with Crippen LogP contribution < -0.4 is 0 Å². The number of phenols is 1. The van der Waals surface area contributed by atoms with Gasteiger partial charge in [0, 0.05) is 0 Å². The van der Waals surface area contributed by atoms with Crippen LogP contribution in [0.2, 0.25) is 0 Å². The minimum absolute atomic E-state index is 0.397. The quantitative estimate of drug-likeness (QED) is 0.845. The van der Waals surface area contributed by atoms with Gasteiger partial charge in [-0.1, -0.05) is 54.4 Å². The molecule has 0 bridgehead atoms. The van der Waals surface area contributed by atoms with Crippen LogP contribution >= 0.6 is 0 Å². The fraction of sp³-hybridized carbons (Fsp3) is 0.294. The first-order valence-corrected chi connectivity index (χ1v) is 6.41. The average molecular weight is 240 g/mol. The van der Waals surface area contributed by atoms with Gasteiger partial charge in [0.2, 0.25) is 0 Å². The lowest BCUT2D eigenvalue weighted by Gasteiger charge is -2.14. The predicted octanol–water partition coefficient (Wildman–Crippen LogP) is 4.36. The highest BCUT2D eigenvalue weighted by Crippen LogP contribution is 2.26. The van der Waals surface area contributed by atoms with E-state index in [1.54, 1.807) is 6.07 Å². The molecule has 0 saturated carbocycles. The molecule has 0 aliphatic heterocycles. The van der Waals surface area contributed by atoms with E-state index in [4.69, 9.17) is 0 Å². The Hall–Kier alpha value is -1.76. The number of benzene rings is 2. The molecule has 1 atom stereocenters. The third-order valence-corrected chi connectivity index (χ3v) is 3.33. The van der Waals surface area contributed by atoms with Crippen LogP contribution in [0, 0.1) is 13.8 Å². The molecule has 1 nitrogen and oxygen atoms in total. The van der Waals surface area contributed by atoms with Gasteiger partial charge in [0.25, 0.3) is 0 Å². The molecule has 0 spiro atoms. The average Bonchev–Trinajstić information content (AvgIpc) is 2.31. The van der Waals surface area contributed by atoms with Crippen molar-refractivity contribution in [2.75, 3.05) is 0 Å². The maximum atomic E-state index is 9.82. The van der Waals surface area contributed by atoms with Gasteiger partial charge in [-0.15, -0.1) is 0 Å². The standard InChI is InChI=1S/C17H20O/c1-12-8-13(2)10-16(9-12)14(3)11-15-6-4-5-7-17(15)18/h4-10,14,18H,11H2,1-3H3. The Labute approximate surface area is 109 Å². The van der Waals surface area contributed by atoms with Crippen LogP contribution in [-0.4, -0.2) is 5.11 Å². The van der Waals surface area contributed by atoms with Crippen LogP contribution in [0.4, 0.5) is 0 Å². The molecule has 2 aromatic rings. The van der Waals surface area contributed by atoms with Gasteiger partial charge in [0.1, 0.15) is 5.75 Å². The van der Waals surface area contributed by atoms with Gasteiger partial charge in [-0.25, -0.2) is 0 Å². The lowest BCUT2D eigenvalue weighted by Crippen LogP contribution is -2.00. The van der Waals surface area contributed by atoms with E-state index in [-0.39, 0.29) is 0 Å². The van der Waals surface area contributed by atoms with E-state index >= 15 is 0 Å². The first-order chi connectivity index (χ1) is 8.56. The molecule has 1 N–H and O–H groups in total. The Kier molecular flexibility index (Phi) is 3.71. The highest BCUT2D eigenvalue weighted by Gasteiger charge is 2.10. The van der Waals surface area contributed by atoms with Crippen LogP contribution in [0.5, 0.6) is 5.75 Å². The Bertz CT molecular complexity index is 523. The second kappa shape index (κ2) is 5.26. The number of aromatic hydroxyl groups is 1. The molecule has 2 rings (SSSR count). The second-order valence-electron chi connectivity index (χ2n) is 5.15. The van der Waals surface area contributed by atoms with Crippen LogP contribution in [0.3, 0.4) is 0 Å². The number of phenolic OH excluding ortho intramolecular Hbond substituents is 1. The van der Waals surface area contributed by atoms with Gasteiger partial charge >= 0.3 is 0 Å². The topological polar surface area (TPSA) is 20.2 Å².